The average Bonchev–Trinajstić information content (AvgIpc) is 2.86. The van der Waals surface area contributed by atoms with E-state index in [9.17, 15) is 9.90 Å². The molecule has 35 heavy (non-hydrogen) atoms. The summed E-state index contributed by atoms with van der Waals surface area (Å²) in [4.78, 5) is 16.3. The van der Waals surface area contributed by atoms with Crippen LogP contribution in [0.2, 0.25) is 0 Å². The van der Waals surface area contributed by atoms with Gasteiger partial charge in [0.05, 0.1) is 12.7 Å². The predicted octanol–water partition coefficient (Wildman–Crippen LogP) is 4.70. The number of phenolic OH excluding ortho intramolecular Hbond substituents is 1. The molecule has 0 aromatic heterocycles. The van der Waals surface area contributed by atoms with E-state index in [4.69, 9.17) is 15.6 Å². The van der Waals surface area contributed by atoms with E-state index in [1.165, 1.54) is 18.1 Å². The Morgan fingerprint density at radius 2 is 1.71 bits per heavy atom. The molecule has 8 heteroatoms. The number of hydrogen-bond acceptors (Lipinski definition) is 6. The fourth-order valence-corrected chi connectivity index (χ4v) is 3.77. The van der Waals surface area contributed by atoms with Gasteiger partial charge in [0.2, 0.25) is 0 Å². The van der Waals surface area contributed by atoms with Crippen molar-refractivity contribution in [2.24, 2.45) is 0 Å². The smallest absolute Gasteiger partial charge is 0.287 e. The summed E-state index contributed by atoms with van der Waals surface area (Å²) in [6.45, 7) is 13.2. The molecule has 8 nitrogen and oxygen atoms in total. The monoisotopic (exact) mass is 481 g/mol. The molecule has 0 atom stereocenters. The molecule has 0 aliphatic heterocycles. The van der Waals surface area contributed by atoms with Crippen molar-refractivity contribution in [1.82, 2.24) is 10.2 Å². The van der Waals surface area contributed by atoms with Gasteiger partial charge in [-0.25, -0.2) is 0 Å². The zero-order chi connectivity index (χ0) is 26.1. The van der Waals surface area contributed by atoms with Crippen LogP contribution in [0.4, 0.5) is 5.69 Å². The largest absolute Gasteiger partial charge is 0.507 e. The lowest BCUT2D eigenvalue weighted by molar-refractivity contribution is -0.114. The molecule has 0 heterocycles. The Labute approximate surface area is 208 Å². The molecular formula is C27H39N5O3. The number of aromatic hydroxyl groups is 1. The highest BCUT2D eigenvalue weighted by molar-refractivity contribution is 6.48. The Morgan fingerprint density at radius 1 is 1.09 bits per heavy atom. The number of amides is 1. The number of carbonyl (C=O) groups is 1. The van der Waals surface area contributed by atoms with Crippen LogP contribution < -0.4 is 15.0 Å². The van der Waals surface area contributed by atoms with Gasteiger partial charge >= 0.3 is 0 Å². The first-order chi connectivity index (χ1) is 16.7. The number of phenols is 1. The molecule has 0 aliphatic rings. The van der Waals surface area contributed by atoms with Crippen molar-refractivity contribution < 1.29 is 14.6 Å². The summed E-state index contributed by atoms with van der Waals surface area (Å²) < 4.78 is 5.41. The Balaban J connectivity index is 2.53. The number of benzene rings is 2. The second-order valence-corrected chi connectivity index (χ2v) is 8.68. The van der Waals surface area contributed by atoms with Gasteiger partial charge in [-0.05, 0) is 54.8 Å². The molecule has 0 spiro atoms. The maximum atomic E-state index is 12.7. The summed E-state index contributed by atoms with van der Waals surface area (Å²) in [7, 11) is 1.53. The number of carbonyl (C=O) groups excluding carboxylic acids is 1. The van der Waals surface area contributed by atoms with E-state index in [1.54, 1.807) is 18.2 Å². The van der Waals surface area contributed by atoms with E-state index < -0.39 is 5.91 Å². The van der Waals surface area contributed by atoms with Crippen molar-refractivity contribution in [2.45, 2.75) is 53.5 Å². The molecule has 2 rings (SSSR count). The Morgan fingerprint density at radius 3 is 2.23 bits per heavy atom. The number of ether oxygens (including phenoxy) is 1. The minimum Gasteiger partial charge on any atom is -0.507 e. The third kappa shape index (κ3) is 6.82. The molecule has 0 aliphatic carbocycles. The third-order valence-electron chi connectivity index (χ3n) is 5.92. The highest BCUT2D eigenvalue weighted by Gasteiger charge is 2.27. The molecule has 0 unspecified atom stereocenters. The van der Waals surface area contributed by atoms with E-state index in [0.29, 0.717) is 18.0 Å². The molecular weight excluding hydrogens is 442 g/mol. The summed E-state index contributed by atoms with van der Waals surface area (Å²) in [5.74, 6) is -0.683. The van der Waals surface area contributed by atoms with Gasteiger partial charge in [-0.3, -0.25) is 25.4 Å². The molecule has 2 aromatic rings. The van der Waals surface area contributed by atoms with E-state index in [0.717, 1.165) is 37.2 Å². The van der Waals surface area contributed by atoms with E-state index >= 15 is 0 Å². The summed E-state index contributed by atoms with van der Waals surface area (Å²) in [6.07, 6.45) is 0.730. The number of nitrogens with zero attached hydrogens (tertiary/aromatic N) is 2. The second-order valence-electron chi connectivity index (χ2n) is 8.68. The van der Waals surface area contributed by atoms with Crippen LogP contribution in [0.15, 0.2) is 36.4 Å². The normalized spacial score (nSPS) is 11.0. The molecule has 0 saturated heterocycles. The fourth-order valence-electron chi connectivity index (χ4n) is 3.77. The molecule has 2 aromatic carbocycles. The fraction of sp³-hybridized carbons (Fsp3) is 0.444. The number of rotatable bonds is 10. The van der Waals surface area contributed by atoms with Gasteiger partial charge in [0, 0.05) is 24.8 Å². The van der Waals surface area contributed by atoms with Gasteiger partial charge in [0.15, 0.2) is 5.84 Å². The lowest BCUT2D eigenvalue weighted by Gasteiger charge is -2.27. The lowest BCUT2D eigenvalue weighted by atomic mass is 9.97. The standard InChI is InChI=1S/C27H39N5O3/c1-7-14-30-27(34)26(29)32(20-12-10-19(11-13-20)17-31(8-2)9-3)25(28)22-15-21(18(4)5)24(35-6)16-23(22)33/h10-13,15-16,18,28-29,33H,7-9,14,17H2,1-6H3,(H,30,34). The lowest BCUT2D eigenvalue weighted by Crippen LogP contribution is -2.46. The predicted molar refractivity (Wildman–Crippen MR) is 142 cm³/mol. The van der Waals surface area contributed by atoms with Crippen LogP contribution in [-0.2, 0) is 11.3 Å². The molecule has 1 amide bonds. The van der Waals surface area contributed by atoms with Crippen LogP contribution in [0.1, 0.15) is 63.6 Å². The van der Waals surface area contributed by atoms with Gasteiger partial charge < -0.3 is 15.2 Å². The number of nitrogens with one attached hydrogen (secondary N) is 3. The average molecular weight is 482 g/mol. The van der Waals surface area contributed by atoms with Crippen LogP contribution >= 0.6 is 0 Å². The number of hydrogen-bond donors (Lipinski definition) is 4. The first-order valence-corrected chi connectivity index (χ1v) is 12.2. The Bertz CT molecular complexity index is 1030. The van der Waals surface area contributed by atoms with Gasteiger partial charge in [0.1, 0.15) is 17.3 Å². The van der Waals surface area contributed by atoms with E-state index in [-0.39, 0.29) is 28.9 Å². The first kappa shape index (κ1) is 27.9. The number of methoxy groups -OCH3 is 1. The van der Waals surface area contributed by atoms with Gasteiger partial charge in [-0.1, -0.05) is 46.8 Å². The van der Waals surface area contributed by atoms with E-state index in [2.05, 4.69) is 24.1 Å². The minimum absolute atomic E-state index is 0.0808. The van der Waals surface area contributed by atoms with Crippen LogP contribution in [0, 0.1) is 10.8 Å². The van der Waals surface area contributed by atoms with Gasteiger partial charge in [-0.15, -0.1) is 0 Å². The molecule has 0 bridgehead atoms. The highest BCUT2D eigenvalue weighted by Crippen LogP contribution is 2.34. The topological polar surface area (TPSA) is 113 Å². The first-order valence-electron chi connectivity index (χ1n) is 12.2. The number of amidine groups is 2. The molecule has 0 saturated carbocycles. The van der Waals surface area contributed by atoms with E-state index in [1.807, 2.05) is 32.9 Å². The quantitative estimate of drug-likeness (QED) is 0.290. The zero-order valence-electron chi connectivity index (χ0n) is 21.7. The minimum atomic E-state index is -0.582. The van der Waals surface area contributed by atoms with Crippen molar-refractivity contribution in [3.05, 3.63) is 53.1 Å². The maximum Gasteiger partial charge on any atom is 0.287 e. The van der Waals surface area contributed by atoms with Crippen molar-refractivity contribution in [3.63, 3.8) is 0 Å². The molecule has 0 radical (unpaired) electrons. The summed E-state index contributed by atoms with van der Waals surface area (Å²) in [5, 5.41) is 31.0. The van der Waals surface area contributed by atoms with Crippen LogP contribution in [0.5, 0.6) is 11.5 Å². The molecule has 0 fully saturated rings. The number of anilines is 1. The van der Waals surface area contributed by atoms with Crippen LogP contribution in [0.25, 0.3) is 0 Å². The zero-order valence-corrected chi connectivity index (χ0v) is 21.7. The van der Waals surface area contributed by atoms with Crippen molar-refractivity contribution in [1.29, 1.82) is 10.8 Å². The molecule has 190 valence electrons. The maximum absolute atomic E-state index is 12.7. The summed E-state index contributed by atoms with van der Waals surface area (Å²) >= 11 is 0. The van der Waals surface area contributed by atoms with Crippen molar-refractivity contribution in [3.8, 4) is 11.5 Å². The van der Waals surface area contributed by atoms with Crippen molar-refractivity contribution >= 4 is 23.3 Å². The van der Waals surface area contributed by atoms with Gasteiger partial charge in [-0.2, -0.15) is 0 Å². The highest BCUT2D eigenvalue weighted by atomic mass is 16.5. The third-order valence-corrected chi connectivity index (χ3v) is 5.92. The Kier molecular flexibility index (Phi) is 10.3. The van der Waals surface area contributed by atoms with Crippen LogP contribution in [-0.4, -0.2) is 54.3 Å². The Hall–Kier alpha value is -3.39. The van der Waals surface area contributed by atoms with Gasteiger partial charge in [0.25, 0.3) is 5.91 Å². The van der Waals surface area contributed by atoms with Crippen molar-refractivity contribution in [2.75, 3.05) is 31.6 Å². The summed E-state index contributed by atoms with van der Waals surface area (Å²) in [5.41, 5.74) is 2.63. The van der Waals surface area contributed by atoms with Crippen LogP contribution in [0.3, 0.4) is 0 Å². The summed E-state index contributed by atoms with van der Waals surface area (Å²) in [6, 6.07) is 10.7. The molecule has 4 N–H and O–H groups in total. The SMILES string of the molecule is CCCNC(=O)C(=N)N(C(=N)c1cc(C(C)C)c(OC)cc1O)c1ccc(CN(CC)CC)cc1. The second kappa shape index (κ2) is 12.9.